The van der Waals surface area contributed by atoms with Crippen LogP contribution in [0.5, 0.6) is 5.75 Å². The van der Waals surface area contributed by atoms with Gasteiger partial charge in [-0.1, -0.05) is 12.1 Å². The van der Waals surface area contributed by atoms with Crippen molar-refractivity contribution in [1.82, 2.24) is 9.62 Å². The first-order chi connectivity index (χ1) is 18.6. The lowest BCUT2D eigenvalue weighted by Crippen LogP contribution is -2.41. The molecule has 0 saturated heterocycles. The molecule has 0 aliphatic carbocycles. The Kier molecular flexibility index (Phi) is 8.07. The maximum Gasteiger partial charge on any atom is 0.321 e. The summed E-state index contributed by atoms with van der Waals surface area (Å²) in [7, 11) is -2.72. The molecule has 3 aromatic carbocycles. The second-order valence-electron chi connectivity index (χ2n) is 8.67. The molecule has 0 bridgehead atoms. The SMILES string of the molecule is COc1ccc(C(=O)Nc2ccc(S(=O)(=O)N[C@H](CCCN3C(=O)c4ccccc4C3=O)C(=O)O)cc2)cc1. The average molecular weight is 552 g/mol. The number of aliphatic carboxylic acids is 1. The number of ether oxygens (including phenoxy) is 1. The third kappa shape index (κ3) is 6.13. The van der Waals surface area contributed by atoms with Crippen LogP contribution < -0.4 is 14.8 Å². The van der Waals surface area contributed by atoms with Crippen molar-refractivity contribution >= 4 is 39.4 Å². The van der Waals surface area contributed by atoms with Crippen molar-refractivity contribution in [3.63, 3.8) is 0 Å². The van der Waals surface area contributed by atoms with E-state index in [2.05, 4.69) is 10.0 Å². The molecule has 0 unspecified atom stereocenters. The van der Waals surface area contributed by atoms with Gasteiger partial charge in [-0.05, 0) is 73.5 Å². The molecule has 1 atom stereocenters. The van der Waals surface area contributed by atoms with Crippen molar-refractivity contribution in [3.05, 3.63) is 89.5 Å². The number of fused-ring (bicyclic) bond motifs is 1. The summed E-state index contributed by atoms with van der Waals surface area (Å²) in [5.74, 6) is -2.15. The van der Waals surface area contributed by atoms with Gasteiger partial charge >= 0.3 is 5.97 Å². The van der Waals surface area contributed by atoms with E-state index in [1.54, 1.807) is 48.5 Å². The molecule has 1 aliphatic heterocycles. The van der Waals surface area contributed by atoms with Crippen LogP contribution in [-0.4, -0.2) is 61.8 Å². The molecule has 3 amide bonds. The largest absolute Gasteiger partial charge is 0.497 e. The maximum atomic E-state index is 12.8. The number of amides is 3. The number of hydrogen-bond acceptors (Lipinski definition) is 7. The highest BCUT2D eigenvalue weighted by Gasteiger charge is 2.35. The van der Waals surface area contributed by atoms with Gasteiger partial charge in [-0.2, -0.15) is 4.72 Å². The third-order valence-corrected chi connectivity index (χ3v) is 7.61. The molecule has 12 heteroatoms. The highest BCUT2D eigenvalue weighted by molar-refractivity contribution is 7.89. The molecule has 202 valence electrons. The van der Waals surface area contributed by atoms with Crippen LogP contribution in [0.25, 0.3) is 0 Å². The van der Waals surface area contributed by atoms with Gasteiger partial charge in [0.1, 0.15) is 11.8 Å². The lowest BCUT2D eigenvalue weighted by molar-refractivity contribution is -0.139. The number of imide groups is 1. The fourth-order valence-electron chi connectivity index (χ4n) is 4.05. The molecule has 3 aromatic rings. The van der Waals surface area contributed by atoms with Gasteiger partial charge in [0.2, 0.25) is 10.0 Å². The Morgan fingerprint density at radius 2 is 1.51 bits per heavy atom. The van der Waals surface area contributed by atoms with Gasteiger partial charge < -0.3 is 15.2 Å². The summed E-state index contributed by atoms with van der Waals surface area (Å²) < 4.78 is 32.9. The number of nitrogens with one attached hydrogen (secondary N) is 2. The van der Waals surface area contributed by atoms with Crippen molar-refractivity contribution in [2.45, 2.75) is 23.8 Å². The quantitative estimate of drug-likeness (QED) is 0.307. The molecule has 0 spiro atoms. The molecule has 3 N–H and O–H groups in total. The number of methoxy groups -OCH3 is 1. The minimum atomic E-state index is -4.23. The third-order valence-electron chi connectivity index (χ3n) is 6.12. The van der Waals surface area contributed by atoms with E-state index in [0.717, 1.165) is 4.90 Å². The van der Waals surface area contributed by atoms with Gasteiger partial charge in [0.05, 0.1) is 23.1 Å². The number of carboxylic acids is 1. The number of hydrogen-bond donors (Lipinski definition) is 3. The summed E-state index contributed by atoms with van der Waals surface area (Å²) in [5, 5.41) is 12.2. The molecule has 0 radical (unpaired) electrons. The Bertz CT molecular complexity index is 1480. The van der Waals surface area contributed by atoms with E-state index in [1.807, 2.05) is 0 Å². The first-order valence-corrected chi connectivity index (χ1v) is 13.3. The first-order valence-electron chi connectivity index (χ1n) is 11.9. The number of anilines is 1. The zero-order valence-electron chi connectivity index (χ0n) is 20.8. The number of carbonyl (C=O) groups is 4. The summed E-state index contributed by atoms with van der Waals surface area (Å²) >= 11 is 0. The van der Waals surface area contributed by atoms with Crippen molar-refractivity contribution < 1.29 is 37.4 Å². The minimum absolute atomic E-state index is 0.0551. The highest BCUT2D eigenvalue weighted by Crippen LogP contribution is 2.23. The van der Waals surface area contributed by atoms with Gasteiger partial charge in [0.25, 0.3) is 17.7 Å². The van der Waals surface area contributed by atoms with Gasteiger partial charge in [-0.15, -0.1) is 0 Å². The van der Waals surface area contributed by atoms with Crippen LogP contribution in [0.2, 0.25) is 0 Å². The van der Waals surface area contributed by atoms with Crippen molar-refractivity contribution in [2.24, 2.45) is 0 Å². The molecular formula is C27H25N3O8S. The Morgan fingerprint density at radius 3 is 2.05 bits per heavy atom. The van der Waals surface area contributed by atoms with Crippen LogP contribution >= 0.6 is 0 Å². The van der Waals surface area contributed by atoms with E-state index in [9.17, 15) is 32.7 Å². The van der Waals surface area contributed by atoms with Crippen LogP contribution in [0.3, 0.4) is 0 Å². The van der Waals surface area contributed by atoms with Crippen LogP contribution in [-0.2, 0) is 14.8 Å². The fraction of sp³-hybridized carbons (Fsp3) is 0.185. The number of carbonyl (C=O) groups excluding carboxylic acids is 3. The summed E-state index contributed by atoms with van der Waals surface area (Å²) in [5.41, 5.74) is 1.27. The number of nitrogens with zero attached hydrogens (tertiary/aromatic N) is 1. The Hall–Kier alpha value is -4.55. The second-order valence-corrected chi connectivity index (χ2v) is 10.4. The number of rotatable bonds is 11. The number of sulfonamides is 1. The fourth-order valence-corrected chi connectivity index (χ4v) is 5.27. The average Bonchev–Trinajstić information content (AvgIpc) is 3.17. The summed E-state index contributed by atoms with van der Waals surface area (Å²) in [6.45, 7) is -0.0551. The Balaban J connectivity index is 1.35. The highest BCUT2D eigenvalue weighted by atomic mass is 32.2. The van der Waals surface area contributed by atoms with Crippen LogP contribution in [0.1, 0.15) is 43.9 Å². The lowest BCUT2D eigenvalue weighted by atomic mass is 10.1. The maximum absolute atomic E-state index is 12.8. The molecular weight excluding hydrogens is 526 g/mol. The van der Waals surface area contributed by atoms with E-state index >= 15 is 0 Å². The van der Waals surface area contributed by atoms with E-state index in [4.69, 9.17) is 4.74 Å². The predicted octanol–water partition coefficient (Wildman–Crippen LogP) is 2.76. The summed E-state index contributed by atoms with van der Waals surface area (Å²) in [6.07, 6.45) is -0.0841. The topological polar surface area (TPSA) is 159 Å². The Labute approximate surface area is 224 Å². The normalized spacial score (nSPS) is 13.6. The van der Waals surface area contributed by atoms with E-state index < -0.39 is 39.8 Å². The molecule has 1 heterocycles. The molecule has 1 aliphatic rings. The molecule has 0 aromatic heterocycles. The van der Waals surface area contributed by atoms with E-state index in [-0.39, 0.29) is 35.4 Å². The van der Waals surface area contributed by atoms with Gasteiger partial charge in [0.15, 0.2) is 0 Å². The minimum Gasteiger partial charge on any atom is -0.497 e. The van der Waals surface area contributed by atoms with Crippen LogP contribution in [0, 0.1) is 0 Å². The second kappa shape index (κ2) is 11.5. The number of carboxylic acid groups (broad SMARTS) is 1. The van der Waals surface area contributed by atoms with E-state index in [1.165, 1.54) is 31.4 Å². The zero-order valence-corrected chi connectivity index (χ0v) is 21.6. The molecule has 0 saturated carbocycles. The van der Waals surface area contributed by atoms with Crippen molar-refractivity contribution in [1.29, 1.82) is 0 Å². The zero-order chi connectivity index (χ0) is 28.2. The van der Waals surface area contributed by atoms with Crippen molar-refractivity contribution in [3.8, 4) is 5.75 Å². The van der Waals surface area contributed by atoms with Crippen molar-refractivity contribution in [2.75, 3.05) is 19.0 Å². The summed E-state index contributed by atoms with van der Waals surface area (Å²) in [6, 6.07) is 16.6. The van der Waals surface area contributed by atoms with E-state index in [0.29, 0.717) is 17.0 Å². The molecule has 0 fully saturated rings. The molecule has 11 nitrogen and oxygen atoms in total. The first kappa shape index (κ1) is 27.5. The smallest absolute Gasteiger partial charge is 0.321 e. The van der Waals surface area contributed by atoms with Gasteiger partial charge in [-0.25, -0.2) is 8.42 Å². The van der Waals surface area contributed by atoms with Gasteiger partial charge in [-0.3, -0.25) is 24.1 Å². The lowest BCUT2D eigenvalue weighted by Gasteiger charge is -2.17. The summed E-state index contributed by atoms with van der Waals surface area (Å²) in [4.78, 5) is 50.0. The van der Waals surface area contributed by atoms with Gasteiger partial charge in [0, 0.05) is 17.8 Å². The predicted molar refractivity (Wildman–Crippen MR) is 140 cm³/mol. The molecule has 39 heavy (non-hydrogen) atoms. The standard InChI is InChI=1S/C27H25N3O8S/c1-38-19-12-8-17(9-13-19)24(31)28-18-10-14-20(15-11-18)39(36,37)29-23(27(34)35)7-4-16-30-25(32)21-5-2-3-6-22(21)26(30)33/h2-3,5-6,8-15,23,29H,4,7,16H2,1H3,(H,28,31)(H,34,35)/t23-/m1/s1. The van der Waals surface area contributed by atoms with Crippen LogP contribution in [0.4, 0.5) is 5.69 Å². The molecule has 4 rings (SSSR count). The number of benzene rings is 3. The Morgan fingerprint density at radius 1 is 0.923 bits per heavy atom. The monoisotopic (exact) mass is 551 g/mol. The van der Waals surface area contributed by atoms with Crippen LogP contribution in [0.15, 0.2) is 77.7 Å².